The van der Waals surface area contributed by atoms with Crippen LogP contribution in [0.15, 0.2) is 24.3 Å². The van der Waals surface area contributed by atoms with Crippen molar-refractivity contribution in [1.29, 1.82) is 0 Å². The average molecular weight is 350 g/mol. The van der Waals surface area contributed by atoms with Crippen molar-refractivity contribution in [2.24, 2.45) is 0 Å². The smallest absolute Gasteiger partial charge is 0.331 e. The zero-order chi connectivity index (χ0) is 17.7. The zero-order valence-corrected chi connectivity index (χ0v) is 14.4. The number of carboxylic acids is 1. The van der Waals surface area contributed by atoms with Crippen LogP contribution < -0.4 is 5.32 Å². The van der Waals surface area contributed by atoms with Crippen LogP contribution in [-0.2, 0) is 16.0 Å². The molecule has 1 heterocycles. The maximum Gasteiger partial charge on any atom is 0.331 e. The minimum atomic E-state index is -1.10. The van der Waals surface area contributed by atoms with Crippen LogP contribution in [0.4, 0.5) is 0 Å². The second-order valence-corrected chi connectivity index (χ2v) is 6.10. The molecule has 2 aromatic rings. The number of hydrogen-bond acceptors (Lipinski definition) is 3. The number of carbonyl (C=O) groups excluding carboxylic acids is 1. The van der Waals surface area contributed by atoms with E-state index in [0.29, 0.717) is 28.4 Å². The number of amides is 1. The van der Waals surface area contributed by atoms with Gasteiger partial charge in [0.25, 0.3) is 0 Å². The summed E-state index contributed by atoms with van der Waals surface area (Å²) in [7, 11) is 0. The third-order valence-corrected chi connectivity index (χ3v) is 4.06. The lowest BCUT2D eigenvalue weighted by molar-refractivity contribution is -0.142. The monoisotopic (exact) mass is 349 g/mol. The van der Waals surface area contributed by atoms with Gasteiger partial charge in [0.1, 0.15) is 0 Å². The number of H-pyrrole nitrogens is 1. The van der Waals surface area contributed by atoms with Crippen LogP contribution in [0.1, 0.15) is 41.4 Å². The predicted octanol–water partition coefficient (Wildman–Crippen LogP) is 2.94. The molecule has 0 fully saturated rings. The molecule has 1 aromatic heterocycles. The Morgan fingerprint density at radius 2 is 1.96 bits per heavy atom. The number of carboxylic acid groups (broad SMARTS) is 1. The molecule has 0 aliphatic heterocycles. The summed E-state index contributed by atoms with van der Waals surface area (Å²) in [5.41, 5.74) is 2.81. The first-order valence-corrected chi connectivity index (χ1v) is 8.04. The molecule has 1 amide bonds. The van der Waals surface area contributed by atoms with Gasteiger partial charge in [0.15, 0.2) is 6.04 Å². The number of aromatic nitrogens is 2. The van der Waals surface area contributed by atoms with Gasteiger partial charge in [0, 0.05) is 22.7 Å². The molecule has 0 saturated carbocycles. The Morgan fingerprint density at radius 1 is 1.29 bits per heavy atom. The van der Waals surface area contributed by atoms with Crippen LogP contribution in [0.25, 0.3) is 0 Å². The molecule has 0 bridgehead atoms. The van der Waals surface area contributed by atoms with Crippen molar-refractivity contribution in [3.8, 4) is 0 Å². The number of aromatic amines is 1. The number of carbonyl (C=O) groups is 2. The van der Waals surface area contributed by atoms with E-state index >= 15 is 0 Å². The lowest BCUT2D eigenvalue weighted by atomic mass is 10.0. The Balaban J connectivity index is 1.92. The van der Waals surface area contributed by atoms with Gasteiger partial charge in [-0.15, -0.1) is 0 Å². The molecular formula is C17H20ClN3O3. The van der Waals surface area contributed by atoms with Crippen molar-refractivity contribution in [1.82, 2.24) is 15.5 Å². The standard InChI is InChI=1S/C17H20ClN3O3/c1-10-15(11(2)21-20-10)16(17(23)24)19-14(22)5-3-4-12-6-8-13(18)9-7-12/h6-9,16H,3-5H2,1-2H3,(H,19,22)(H,20,21)(H,23,24)/t16-/m0/s1. The summed E-state index contributed by atoms with van der Waals surface area (Å²) in [4.78, 5) is 23.6. The van der Waals surface area contributed by atoms with Crippen molar-refractivity contribution >= 4 is 23.5 Å². The molecule has 24 heavy (non-hydrogen) atoms. The number of rotatable bonds is 7. The lowest BCUT2D eigenvalue weighted by Gasteiger charge is -2.15. The third-order valence-electron chi connectivity index (χ3n) is 3.81. The lowest BCUT2D eigenvalue weighted by Crippen LogP contribution is -2.34. The summed E-state index contributed by atoms with van der Waals surface area (Å²) in [5, 5.41) is 19.4. The molecule has 0 aliphatic rings. The van der Waals surface area contributed by atoms with Gasteiger partial charge in [-0.05, 0) is 44.4 Å². The number of nitrogens with one attached hydrogen (secondary N) is 2. The topological polar surface area (TPSA) is 95.1 Å². The molecule has 1 atom stereocenters. The van der Waals surface area contributed by atoms with E-state index in [4.69, 9.17) is 11.6 Å². The van der Waals surface area contributed by atoms with E-state index in [2.05, 4.69) is 15.5 Å². The Morgan fingerprint density at radius 3 is 2.50 bits per heavy atom. The van der Waals surface area contributed by atoms with Gasteiger partial charge < -0.3 is 10.4 Å². The van der Waals surface area contributed by atoms with E-state index in [1.165, 1.54) is 0 Å². The van der Waals surface area contributed by atoms with Crippen LogP contribution in [-0.4, -0.2) is 27.2 Å². The zero-order valence-electron chi connectivity index (χ0n) is 13.6. The fourth-order valence-corrected chi connectivity index (χ4v) is 2.71. The number of hydrogen-bond donors (Lipinski definition) is 3. The molecule has 0 radical (unpaired) electrons. The van der Waals surface area contributed by atoms with Crippen molar-refractivity contribution in [3.63, 3.8) is 0 Å². The largest absolute Gasteiger partial charge is 0.479 e. The van der Waals surface area contributed by atoms with Crippen LogP contribution in [0.2, 0.25) is 5.02 Å². The molecule has 2 rings (SSSR count). The van der Waals surface area contributed by atoms with Crippen molar-refractivity contribution in [3.05, 3.63) is 51.8 Å². The first-order valence-electron chi connectivity index (χ1n) is 7.66. The Hall–Kier alpha value is -2.34. The molecule has 6 nitrogen and oxygen atoms in total. The number of halogens is 1. The number of aryl methyl sites for hydroxylation is 3. The highest BCUT2D eigenvalue weighted by Crippen LogP contribution is 2.20. The normalized spacial score (nSPS) is 12.0. The van der Waals surface area contributed by atoms with Gasteiger partial charge in [0.05, 0.1) is 5.69 Å². The fraction of sp³-hybridized carbons (Fsp3) is 0.353. The van der Waals surface area contributed by atoms with Crippen molar-refractivity contribution < 1.29 is 14.7 Å². The summed E-state index contributed by atoms with van der Waals surface area (Å²) >= 11 is 5.83. The molecule has 0 spiro atoms. The Bertz CT molecular complexity index is 706. The van der Waals surface area contributed by atoms with E-state index in [0.717, 1.165) is 12.0 Å². The number of aliphatic carboxylic acids is 1. The molecule has 7 heteroatoms. The Labute approximate surface area is 145 Å². The fourth-order valence-electron chi connectivity index (χ4n) is 2.58. The second kappa shape index (κ2) is 7.97. The highest BCUT2D eigenvalue weighted by molar-refractivity contribution is 6.30. The van der Waals surface area contributed by atoms with E-state index in [-0.39, 0.29) is 12.3 Å². The van der Waals surface area contributed by atoms with Crippen LogP contribution in [0.3, 0.4) is 0 Å². The first-order chi connectivity index (χ1) is 11.4. The summed E-state index contributed by atoms with van der Waals surface area (Å²) in [6.45, 7) is 3.44. The summed E-state index contributed by atoms with van der Waals surface area (Å²) in [6.07, 6.45) is 1.61. The highest BCUT2D eigenvalue weighted by atomic mass is 35.5. The molecular weight excluding hydrogens is 330 g/mol. The molecule has 0 saturated heterocycles. The van der Waals surface area contributed by atoms with Gasteiger partial charge in [-0.25, -0.2) is 4.79 Å². The van der Waals surface area contributed by atoms with Gasteiger partial charge in [-0.1, -0.05) is 23.7 Å². The van der Waals surface area contributed by atoms with Crippen molar-refractivity contribution in [2.75, 3.05) is 0 Å². The van der Waals surface area contributed by atoms with Gasteiger partial charge in [0.2, 0.25) is 5.91 Å². The molecule has 0 unspecified atom stereocenters. The summed E-state index contributed by atoms with van der Waals surface area (Å²) < 4.78 is 0. The molecule has 3 N–H and O–H groups in total. The minimum Gasteiger partial charge on any atom is -0.479 e. The van der Waals surface area contributed by atoms with E-state index < -0.39 is 12.0 Å². The third kappa shape index (κ3) is 4.58. The SMILES string of the molecule is Cc1n[nH]c(C)c1[C@H](NC(=O)CCCc1ccc(Cl)cc1)C(=O)O. The van der Waals surface area contributed by atoms with Gasteiger partial charge in [-0.2, -0.15) is 5.10 Å². The molecule has 128 valence electrons. The quantitative estimate of drug-likeness (QED) is 0.716. The minimum absolute atomic E-state index is 0.252. The average Bonchev–Trinajstić information content (AvgIpc) is 2.86. The predicted molar refractivity (Wildman–Crippen MR) is 91.0 cm³/mol. The maximum absolute atomic E-state index is 12.1. The molecule has 1 aromatic carbocycles. The van der Waals surface area contributed by atoms with Gasteiger partial charge in [-0.3, -0.25) is 9.89 Å². The van der Waals surface area contributed by atoms with Crippen LogP contribution in [0, 0.1) is 13.8 Å². The summed E-state index contributed by atoms with van der Waals surface area (Å²) in [5.74, 6) is -1.40. The van der Waals surface area contributed by atoms with Crippen LogP contribution in [0.5, 0.6) is 0 Å². The number of benzene rings is 1. The highest BCUT2D eigenvalue weighted by Gasteiger charge is 2.26. The second-order valence-electron chi connectivity index (χ2n) is 5.67. The van der Waals surface area contributed by atoms with Crippen molar-refractivity contribution in [2.45, 2.75) is 39.2 Å². The first kappa shape index (κ1) is 18.0. The maximum atomic E-state index is 12.1. The Kier molecular flexibility index (Phi) is 5.98. The van der Waals surface area contributed by atoms with Crippen LogP contribution >= 0.6 is 11.6 Å². The van der Waals surface area contributed by atoms with Gasteiger partial charge >= 0.3 is 5.97 Å². The van der Waals surface area contributed by atoms with E-state index in [1.54, 1.807) is 13.8 Å². The number of nitrogens with zero attached hydrogens (tertiary/aromatic N) is 1. The van der Waals surface area contributed by atoms with E-state index in [1.807, 2.05) is 24.3 Å². The molecule has 0 aliphatic carbocycles. The summed E-state index contributed by atoms with van der Waals surface area (Å²) in [6, 6.07) is 6.35. The van der Waals surface area contributed by atoms with E-state index in [9.17, 15) is 14.7 Å².